The lowest BCUT2D eigenvalue weighted by Crippen LogP contribution is -2.46. The molecule has 0 saturated heterocycles. The number of halogens is 1. The lowest BCUT2D eigenvalue weighted by Gasteiger charge is -2.29. The number of aliphatic hydroxyl groups is 1. The molecule has 0 saturated carbocycles. The van der Waals surface area contributed by atoms with Crippen LogP contribution < -0.4 is 5.32 Å². The van der Waals surface area contributed by atoms with E-state index in [2.05, 4.69) is 31.3 Å². The van der Waals surface area contributed by atoms with E-state index in [-0.39, 0.29) is 35.0 Å². The second kappa shape index (κ2) is 14.4. The summed E-state index contributed by atoms with van der Waals surface area (Å²) in [4.78, 5) is 11.1. The summed E-state index contributed by atoms with van der Waals surface area (Å²) in [6, 6.07) is 20.6. The fourth-order valence-electron chi connectivity index (χ4n) is 4.78. The number of aryl methyl sites for hydroxylation is 3. The maximum absolute atomic E-state index is 13.3. The summed E-state index contributed by atoms with van der Waals surface area (Å²) in [5.41, 5.74) is 4.30. The van der Waals surface area contributed by atoms with E-state index in [1.807, 2.05) is 43.3 Å². The van der Waals surface area contributed by atoms with Crippen molar-refractivity contribution in [1.29, 1.82) is 0 Å². The summed E-state index contributed by atoms with van der Waals surface area (Å²) in [7, 11) is -2.47. The van der Waals surface area contributed by atoms with Gasteiger partial charge in [-0.1, -0.05) is 71.8 Å². The number of benzene rings is 3. The molecule has 0 radical (unpaired) electrons. The fourth-order valence-corrected chi connectivity index (χ4v) is 6.36. The number of rotatable bonds is 15. The van der Waals surface area contributed by atoms with Crippen LogP contribution in [0.2, 0.25) is 5.02 Å². The molecule has 0 amide bonds. The summed E-state index contributed by atoms with van der Waals surface area (Å²) in [5.74, 6) is -0.892. The zero-order valence-corrected chi connectivity index (χ0v) is 25.8. The third kappa shape index (κ3) is 9.65. The zero-order chi connectivity index (χ0) is 30.2. The first-order valence-corrected chi connectivity index (χ1v) is 15.6. The summed E-state index contributed by atoms with van der Waals surface area (Å²) < 4.78 is 27.8. The van der Waals surface area contributed by atoms with Crippen molar-refractivity contribution in [3.8, 4) is 11.1 Å². The lowest BCUT2D eigenvalue weighted by molar-refractivity contribution is -0.136. The normalized spacial score (nSPS) is 13.0. The molecule has 41 heavy (non-hydrogen) atoms. The van der Waals surface area contributed by atoms with Crippen LogP contribution in [0.25, 0.3) is 11.1 Å². The van der Waals surface area contributed by atoms with Gasteiger partial charge in [0.2, 0.25) is 10.0 Å². The first kappa shape index (κ1) is 32.8. The second-order valence-corrected chi connectivity index (χ2v) is 13.7. The average Bonchev–Trinajstić information content (AvgIpc) is 2.91. The zero-order valence-electron chi connectivity index (χ0n) is 24.2. The van der Waals surface area contributed by atoms with E-state index in [0.717, 1.165) is 40.3 Å². The Balaban J connectivity index is 1.62. The maximum atomic E-state index is 13.3. The van der Waals surface area contributed by atoms with E-state index < -0.39 is 22.1 Å². The van der Waals surface area contributed by atoms with Crippen LogP contribution in [0.1, 0.15) is 49.8 Å². The highest BCUT2D eigenvalue weighted by molar-refractivity contribution is 7.89. The van der Waals surface area contributed by atoms with Crippen LogP contribution in [-0.4, -0.2) is 60.7 Å². The number of aliphatic hydroxyl groups excluding tert-OH is 1. The second-order valence-electron chi connectivity index (χ2n) is 11.2. The number of nitrogens with zero attached hydrogens (tertiary/aromatic N) is 1. The first-order chi connectivity index (χ1) is 19.3. The standard InChI is InChI=1S/C32H41ClN2O5S/c1-23-12-13-25(14-17-31(37)38)29(19-23)28-16-15-27(20-30(28)33)41(39,40)35(4)22-26(36)21-34-32(2,3)18-8-11-24-9-6-5-7-10-24/h5-7,9-10,12-13,15-16,19-20,26,34,36H,8,11,14,17-18,21-22H2,1-4H3,(H,37,38)/t26-/m1/s1. The quantitative estimate of drug-likeness (QED) is 0.206. The van der Waals surface area contributed by atoms with E-state index in [9.17, 15) is 18.3 Å². The molecule has 222 valence electrons. The Morgan fingerprint density at radius 1 is 1.02 bits per heavy atom. The van der Waals surface area contributed by atoms with Gasteiger partial charge in [0.15, 0.2) is 0 Å². The SMILES string of the molecule is Cc1ccc(CCC(=O)O)c(-c2ccc(S(=O)(=O)N(C)C[C@H](O)CNC(C)(C)CCCc3ccccc3)cc2Cl)c1. The van der Waals surface area contributed by atoms with E-state index in [1.54, 1.807) is 6.07 Å². The molecule has 0 aliphatic carbocycles. The molecule has 3 aromatic rings. The van der Waals surface area contributed by atoms with E-state index in [0.29, 0.717) is 12.0 Å². The highest BCUT2D eigenvalue weighted by atomic mass is 35.5. The molecule has 3 rings (SSSR count). The fraction of sp³-hybridized carbons (Fsp3) is 0.406. The Morgan fingerprint density at radius 2 is 1.73 bits per heavy atom. The molecule has 3 N–H and O–H groups in total. The van der Waals surface area contributed by atoms with Crippen molar-refractivity contribution >= 4 is 27.6 Å². The molecule has 3 aromatic carbocycles. The predicted molar refractivity (Wildman–Crippen MR) is 165 cm³/mol. The highest BCUT2D eigenvalue weighted by Gasteiger charge is 2.26. The molecule has 9 heteroatoms. The molecule has 0 unspecified atom stereocenters. The van der Waals surface area contributed by atoms with Crippen molar-refractivity contribution in [2.75, 3.05) is 20.1 Å². The predicted octanol–water partition coefficient (Wildman–Crippen LogP) is 5.71. The number of carbonyl (C=O) groups is 1. The molecule has 0 fully saturated rings. The van der Waals surface area contributed by atoms with Gasteiger partial charge in [-0.15, -0.1) is 0 Å². The van der Waals surface area contributed by atoms with Crippen LogP contribution in [0, 0.1) is 6.92 Å². The average molecular weight is 601 g/mol. The van der Waals surface area contributed by atoms with Gasteiger partial charge in [0.05, 0.1) is 11.0 Å². The number of likely N-dealkylation sites (N-methyl/N-ethyl adjacent to an activating group) is 1. The number of carboxylic acids is 1. The van der Waals surface area contributed by atoms with Gasteiger partial charge in [0.25, 0.3) is 0 Å². The Morgan fingerprint density at radius 3 is 2.39 bits per heavy atom. The summed E-state index contributed by atoms with van der Waals surface area (Å²) in [6.07, 6.45) is 2.29. The van der Waals surface area contributed by atoms with Crippen molar-refractivity contribution in [2.24, 2.45) is 0 Å². The van der Waals surface area contributed by atoms with E-state index >= 15 is 0 Å². The van der Waals surface area contributed by atoms with Gasteiger partial charge in [-0.05, 0) is 75.3 Å². The molecule has 0 aromatic heterocycles. The van der Waals surface area contributed by atoms with Gasteiger partial charge in [-0.3, -0.25) is 4.79 Å². The summed E-state index contributed by atoms with van der Waals surface area (Å²) in [5, 5.41) is 23.4. The molecule has 0 heterocycles. The largest absolute Gasteiger partial charge is 0.481 e. The van der Waals surface area contributed by atoms with Gasteiger partial charge in [0, 0.05) is 42.7 Å². The van der Waals surface area contributed by atoms with Gasteiger partial charge in [-0.2, -0.15) is 4.31 Å². The molecule has 0 bridgehead atoms. The van der Waals surface area contributed by atoms with Crippen molar-refractivity contribution in [3.05, 3.63) is 88.4 Å². The van der Waals surface area contributed by atoms with Crippen molar-refractivity contribution in [2.45, 2.75) is 69.4 Å². The Bertz CT molecular complexity index is 1430. The third-order valence-electron chi connectivity index (χ3n) is 7.21. The summed E-state index contributed by atoms with van der Waals surface area (Å²) in [6.45, 7) is 6.26. The van der Waals surface area contributed by atoms with Gasteiger partial charge >= 0.3 is 5.97 Å². The van der Waals surface area contributed by atoms with Crippen LogP contribution in [-0.2, 0) is 27.7 Å². The first-order valence-electron chi connectivity index (χ1n) is 13.8. The molecule has 0 aliphatic heterocycles. The number of hydrogen-bond donors (Lipinski definition) is 3. The minimum Gasteiger partial charge on any atom is -0.481 e. The highest BCUT2D eigenvalue weighted by Crippen LogP contribution is 2.34. The van der Waals surface area contributed by atoms with Gasteiger partial charge in [0.1, 0.15) is 0 Å². The van der Waals surface area contributed by atoms with Crippen LogP contribution in [0.15, 0.2) is 71.6 Å². The Labute approximate surface area is 249 Å². The Hall–Kier alpha value is -2.75. The smallest absolute Gasteiger partial charge is 0.303 e. The minimum absolute atomic E-state index is 0.0208. The number of hydrogen-bond acceptors (Lipinski definition) is 5. The minimum atomic E-state index is -3.91. The molecule has 7 nitrogen and oxygen atoms in total. The van der Waals surface area contributed by atoms with Crippen LogP contribution in [0.5, 0.6) is 0 Å². The molecular weight excluding hydrogens is 560 g/mol. The van der Waals surface area contributed by atoms with Crippen LogP contribution >= 0.6 is 11.6 Å². The molecule has 0 spiro atoms. The van der Waals surface area contributed by atoms with Gasteiger partial charge < -0.3 is 15.5 Å². The molecule has 1 atom stereocenters. The molecule has 0 aliphatic rings. The topological polar surface area (TPSA) is 107 Å². The number of sulfonamides is 1. The number of aliphatic carboxylic acids is 1. The number of β-amino-alcohol motifs (C(OH)–C–C–N with tert-alkyl or cyclic N) is 1. The Kier molecular flexibility index (Phi) is 11.5. The van der Waals surface area contributed by atoms with E-state index in [4.69, 9.17) is 16.7 Å². The molecular formula is C32H41ClN2O5S. The van der Waals surface area contributed by atoms with Crippen molar-refractivity contribution in [3.63, 3.8) is 0 Å². The van der Waals surface area contributed by atoms with Gasteiger partial charge in [-0.25, -0.2) is 8.42 Å². The van der Waals surface area contributed by atoms with E-state index in [1.165, 1.54) is 24.7 Å². The van der Waals surface area contributed by atoms with Crippen molar-refractivity contribution in [1.82, 2.24) is 9.62 Å². The third-order valence-corrected chi connectivity index (χ3v) is 9.34. The number of carboxylic acid groups (broad SMARTS) is 1. The number of nitrogens with one attached hydrogen (secondary N) is 1. The maximum Gasteiger partial charge on any atom is 0.303 e. The van der Waals surface area contributed by atoms with Crippen molar-refractivity contribution < 1.29 is 23.4 Å². The summed E-state index contributed by atoms with van der Waals surface area (Å²) >= 11 is 6.59. The van der Waals surface area contributed by atoms with Crippen LogP contribution in [0.3, 0.4) is 0 Å². The monoisotopic (exact) mass is 600 g/mol. The van der Waals surface area contributed by atoms with Crippen LogP contribution in [0.4, 0.5) is 0 Å². The lowest BCUT2D eigenvalue weighted by atomic mass is 9.95.